The van der Waals surface area contributed by atoms with E-state index in [2.05, 4.69) is 25.3 Å². The number of nitrogens with one attached hydrogen (secondary N) is 1. The second kappa shape index (κ2) is 8.53. The van der Waals surface area contributed by atoms with Gasteiger partial charge in [0.1, 0.15) is 0 Å². The Morgan fingerprint density at radius 1 is 1.43 bits per heavy atom. The third-order valence-electron chi connectivity index (χ3n) is 3.16. The minimum Gasteiger partial charge on any atom is -0.357 e. The highest BCUT2D eigenvalue weighted by Crippen LogP contribution is 2.12. The van der Waals surface area contributed by atoms with E-state index in [1.165, 1.54) is 0 Å². The van der Waals surface area contributed by atoms with Gasteiger partial charge in [0, 0.05) is 31.6 Å². The number of hydrogen-bond donors (Lipinski definition) is 1. The van der Waals surface area contributed by atoms with E-state index in [9.17, 15) is 0 Å². The number of rotatable bonds is 6. The zero-order chi connectivity index (χ0) is 16.7. The van der Waals surface area contributed by atoms with Crippen LogP contribution in [0.1, 0.15) is 24.2 Å². The third-order valence-corrected chi connectivity index (χ3v) is 3.40. The Labute approximate surface area is 141 Å². The van der Waals surface area contributed by atoms with E-state index in [4.69, 9.17) is 16.1 Å². The number of guanidine groups is 1. The number of nitrogens with zero attached hydrogens (tertiary/aromatic N) is 4. The fourth-order valence-electron chi connectivity index (χ4n) is 2.15. The van der Waals surface area contributed by atoms with Gasteiger partial charge in [0.15, 0.2) is 11.8 Å². The van der Waals surface area contributed by atoms with E-state index in [-0.39, 0.29) is 0 Å². The van der Waals surface area contributed by atoms with Crippen LogP contribution in [0.5, 0.6) is 0 Å². The van der Waals surface area contributed by atoms with Gasteiger partial charge in [-0.25, -0.2) is 0 Å². The minimum atomic E-state index is 0.587. The number of aryl methyl sites for hydroxylation is 1. The van der Waals surface area contributed by atoms with Gasteiger partial charge >= 0.3 is 0 Å². The molecule has 0 atom stereocenters. The second-order valence-corrected chi connectivity index (χ2v) is 5.64. The SMILES string of the molecule is CCNC(=NCCc1nc(C)no1)N(C)Cc1cccc(Cl)c1. The van der Waals surface area contributed by atoms with Gasteiger partial charge in [-0.05, 0) is 31.5 Å². The minimum absolute atomic E-state index is 0.587. The summed E-state index contributed by atoms with van der Waals surface area (Å²) in [6.07, 6.45) is 0.626. The summed E-state index contributed by atoms with van der Waals surface area (Å²) in [6, 6.07) is 7.83. The summed E-state index contributed by atoms with van der Waals surface area (Å²) in [5, 5.41) is 7.80. The molecule has 2 rings (SSSR count). The number of aromatic nitrogens is 2. The van der Waals surface area contributed by atoms with E-state index in [1.54, 1.807) is 6.92 Å². The smallest absolute Gasteiger partial charge is 0.228 e. The van der Waals surface area contributed by atoms with Crippen molar-refractivity contribution in [2.24, 2.45) is 4.99 Å². The molecule has 0 spiro atoms. The molecule has 0 aliphatic carbocycles. The van der Waals surface area contributed by atoms with Crippen molar-refractivity contribution >= 4 is 17.6 Å². The Balaban J connectivity index is 1.96. The largest absolute Gasteiger partial charge is 0.357 e. The molecule has 0 saturated heterocycles. The Bertz CT molecular complexity index is 655. The zero-order valence-electron chi connectivity index (χ0n) is 13.7. The average Bonchev–Trinajstić information content (AvgIpc) is 2.92. The van der Waals surface area contributed by atoms with Gasteiger partial charge in [-0.3, -0.25) is 4.99 Å². The molecular formula is C16H22ClN5O. The molecule has 1 N–H and O–H groups in total. The lowest BCUT2D eigenvalue weighted by Gasteiger charge is -2.22. The van der Waals surface area contributed by atoms with Gasteiger partial charge in [-0.15, -0.1) is 0 Å². The molecule has 0 aliphatic rings. The molecule has 0 amide bonds. The lowest BCUT2D eigenvalue weighted by atomic mass is 10.2. The van der Waals surface area contributed by atoms with Crippen LogP contribution in [0.3, 0.4) is 0 Å². The van der Waals surface area contributed by atoms with Crippen LogP contribution in [0.25, 0.3) is 0 Å². The Morgan fingerprint density at radius 3 is 2.91 bits per heavy atom. The summed E-state index contributed by atoms with van der Waals surface area (Å²) in [4.78, 5) is 10.9. The monoisotopic (exact) mass is 335 g/mol. The van der Waals surface area contributed by atoms with Crippen LogP contribution in [-0.2, 0) is 13.0 Å². The fraction of sp³-hybridized carbons (Fsp3) is 0.438. The average molecular weight is 336 g/mol. The maximum absolute atomic E-state index is 6.03. The predicted octanol–water partition coefficient (Wildman–Crippen LogP) is 2.67. The number of hydrogen-bond acceptors (Lipinski definition) is 4. The van der Waals surface area contributed by atoms with Crippen LogP contribution in [0.15, 0.2) is 33.8 Å². The predicted molar refractivity (Wildman–Crippen MR) is 91.6 cm³/mol. The first kappa shape index (κ1) is 17.3. The molecule has 0 fully saturated rings. The summed E-state index contributed by atoms with van der Waals surface area (Å²) < 4.78 is 5.10. The molecule has 7 heteroatoms. The van der Waals surface area contributed by atoms with Crippen molar-refractivity contribution in [1.29, 1.82) is 0 Å². The van der Waals surface area contributed by atoms with Gasteiger partial charge in [-0.1, -0.05) is 28.9 Å². The van der Waals surface area contributed by atoms with E-state index in [1.807, 2.05) is 38.2 Å². The van der Waals surface area contributed by atoms with Crippen molar-refractivity contribution < 1.29 is 4.52 Å². The van der Waals surface area contributed by atoms with Crippen molar-refractivity contribution in [1.82, 2.24) is 20.4 Å². The molecule has 0 bridgehead atoms. The van der Waals surface area contributed by atoms with E-state index in [0.29, 0.717) is 24.7 Å². The van der Waals surface area contributed by atoms with E-state index >= 15 is 0 Å². The van der Waals surface area contributed by atoms with Crippen molar-refractivity contribution in [3.05, 3.63) is 46.6 Å². The van der Waals surface area contributed by atoms with Gasteiger partial charge in [-0.2, -0.15) is 4.98 Å². The summed E-state index contributed by atoms with van der Waals surface area (Å²) >= 11 is 6.03. The van der Waals surface area contributed by atoms with Crippen molar-refractivity contribution in [3.8, 4) is 0 Å². The highest BCUT2D eigenvalue weighted by Gasteiger charge is 2.08. The zero-order valence-corrected chi connectivity index (χ0v) is 14.5. The molecule has 0 saturated carbocycles. The van der Waals surface area contributed by atoms with Gasteiger partial charge < -0.3 is 14.7 Å². The number of benzene rings is 1. The molecule has 0 aliphatic heterocycles. The van der Waals surface area contributed by atoms with E-state index in [0.717, 1.165) is 29.6 Å². The molecular weight excluding hydrogens is 314 g/mol. The second-order valence-electron chi connectivity index (χ2n) is 5.21. The molecule has 0 unspecified atom stereocenters. The third kappa shape index (κ3) is 5.56. The van der Waals surface area contributed by atoms with Crippen LogP contribution in [0, 0.1) is 6.92 Å². The van der Waals surface area contributed by atoms with E-state index < -0.39 is 0 Å². The summed E-state index contributed by atoms with van der Waals surface area (Å²) in [5.41, 5.74) is 1.14. The Hall–Kier alpha value is -2.08. The number of aliphatic imine (C=N–C) groups is 1. The van der Waals surface area contributed by atoms with Crippen LogP contribution < -0.4 is 5.32 Å². The molecule has 23 heavy (non-hydrogen) atoms. The first-order valence-corrected chi connectivity index (χ1v) is 7.99. The van der Waals surface area contributed by atoms with Crippen molar-refractivity contribution in [2.75, 3.05) is 20.1 Å². The Kier molecular flexibility index (Phi) is 6.40. The van der Waals surface area contributed by atoms with Gasteiger partial charge in [0.25, 0.3) is 0 Å². The van der Waals surface area contributed by atoms with Gasteiger partial charge in [0.2, 0.25) is 5.89 Å². The quantitative estimate of drug-likeness (QED) is 0.649. The summed E-state index contributed by atoms with van der Waals surface area (Å²) in [7, 11) is 2.00. The van der Waals surface area contributed by atoms with Gasteiger partial charge in [0.05, 0.1) is 6.54 Å². The summed E-state index contributed by atoms with van der Waals surface area (Å²) in [5.74, 6) is 2.09. The lowest BCUT2D eigenvalue weighted by Crippen LogP contribution is -2.38. The van der Waals surface area contributed by atoms with Crippen LogP contribution in [0.2, 0.25) is 5.02 Å². The van der Waals surface area contributed by atoms with Crippen LogP contribution >= 0.6 is 11.6 Å². The highest BCUT2D eigenvalue weighted by atomic mass is 35.5. The molecule has 124 valence electrons. The summed E-state index contributed by atoms with van der Waals surface area (Å²) in [6.45, 7) is 5.97. The molecule has 0 radical (unpaired) electrons. The van der Waals surface area contributed by atoms with Crippen molar-refractivity contribution in [3.63, 3.8) is 0 Å². The van der Waals surface area contributed by atoms with Crippen LogP contribution in [-0.4, -0.2) is 41.1 Å². The molecule has 6 nitrogen and oxygen atoms in total. The van der Waals surface area contributed by atoms with Crippen LogP contribution in [0.4, 0.5) is 0 Å². The lowest BCUT2D eigenvalue weighted by molar-refractivity contribution is 0.375. The molecule has 1 heterocycles. The normalized spacial score (nSPS) is 11.6. The molecule has 1 aromatic heterocycles. The maximum Gasteiger partial charge on any atom is 0.228 e. The number of halogens is 1. The molecule has 1 aromatic carbocycles. The van der Waals surface area contributed by atoms with Crippen molar-refractivity contribution in [2.45, 2.75) is 26.8 Å². The molecule has 2 aromatic rings. The standard InChI is InChI=1S/C16H22ClN5O/c1-4-18-16(19-9-8-15-20-12(2)21-23-15)22(3)11-13-6-5-7-14(17)10-13/h5-7,10H,4,8-9,11H2,1-3H3,(H,18,19). The first-order chi connectivity index (χ1) is 11.1. The highest BCUT2D eigenvalue weighted by molar-refractivity contribution is 6.30. The Morgan fingerprint density at radius 2 is 2.26 bits per heavy atom. The first-order valence-electron chi connectivity index (χ1n) is 7.61. The maximum atomic E-state index is 6.03. The fourth-order valence-corrected chi connectivity index (χ4v) is 2.37. The topological polar surface area (TPSA) is 66.5 Å².